The number of nitrogens with one attached hydrogen (secondary N) is 1. The van der Waals surface area contributed by atoms with E-state index in [1.54, 1.807) is 6.07 Å². The van der Waals surface area contributed by atoms with E-state index in [-0.39, 0.29) is 17.8 Å². The molecular formula is C9H11FN2O2. The minimum absolute atomic E-state index is 0.0517. The first-order chi connectivity index (χ1) is 6.65. The number of hydrogen-bond acceptors (Lipinski definition) is 3. The number of aromatic carboxylic acids is 1. The number of nitrogens with two attached hydrogens (primary N) is 1. The zero-order chi connectivity index (χ0) is 10.6. The Morgan fingerprint density at radius 2 is 2.29 bits per heavy atom. The Labute approximate surface area is 80.5 Å². The van der Waals surface area contributed by atoms with E-state index in [1.807, 2.05) is 0 Å². The van der Waals surface area contributed by atoms with Crippen molar-refractivity contribution in [3.8, 4) is 0 Å². The number of carboxylic acids is 1. The Bertz CT molecular complexity index is 342. The van der Waals surface area contributed by atoms with Crippen LogP contribution in [0.3, 0.4) is 0 Å². The molecule has 0 saturated heterocycles. The molecule has 0 aromatic heterocycles. The number of benzene rings is 1. The van der Waals surface area contributed by atoms with Gasteiger partial charge in [-0.15, -0.1) is 0 Å². The largest absolute Gasteiger partial charge is 0.478 e. The molecule has 76 valence electrons. The van der Waals surface area contributed by atoms with Gasteiger partial charge in [-0.1, -0.05) is 0 Å². The Kier molecular flexibility index (Phi) is 3.28. The van der Waals surface area contributed by atoms with Crippen LogP contribution in [0.15, 0.2) is 18.2 Å². The maximum absolute atomic E-state index is 11.8. The van der Waals surface area contributed by atoms with E-state index < -0.39 is 12.6 Å². The van der Waals surface area contributed by atoms with Crippen LogP contribution in [0.1, 0.15) is 10.4 Å². The zero-order valence-corrected chi connectivity index (χ0v) is 7.46. The van der Waals surface area contributed by atoms with E-state index in [0.29, 0.717) is 5.69 Å². The van der Waals surface area contributed by atoms with Gasteiger partial charge in [0.2, 0.25) is 0 Å². The summed E-state index contributed by atoms with van der Waals surface area (Å²) in [7, 11) is 0. The highest BCUT2D eigenvalue weighted by Gasteiger charge is 2.07. The lowest BCUT2D eigenvalue weighted by Gasteiger charge is -2.06. The van der Waals surface area contributed by atoms with Gasteiger partial charge in [0.1, 0.15) is 6.67 Å². The smallest absolute Gasteiger partial charge is 0.337 e. The molecule has 0 heterocycles. The second kappa shape index (κ2) is 4.45. The third-order valence-electron chi connectivity index (χ3n) is 1.71. The van der Waals surface area contributed by atoms with Crippen LogP contribution in [-0.2, 0) is 0 Å². The topological polar surface area (TPSA) is 75.3 Å². The Hall–Kier alpha value is -1.78. The first kappa shape index (κ1) is 10.3. The molecule has 0 bridgehead atoms. The van der Waals surface area contributed by atoms with E-state index >= 15 is 0 Å². The summed E-state index contributed by atoms with van der Waals surface area (Å²) < 4.78 is 11.8. The number of carboxylic acid groups (broad SMARTS) is 1. The average molecular weight is 198 g/mol. The van der Waals surface area contributed by atoms with E-state index in [9.17, 15) is 9.18 Å². The summed E-state index contributed by atoms with van der Waals surface area (Å²) in [6, 6.07) is 4.41. The Morgan fingerprint density at radius 1 is 1.57 bits per heavy atom. The van der Waals surface area contributed by atoms with Gasteiger partial charge in [0.15, 0.2) is 0 Å². The molecule has 5 heteroatoms. The van der Waals surface area contributed by atoms with Crippen molar-refractivity contribution in [1.82, 2.24) is 0 Å². The van der Waals surface area contributed by atoms with Crippen LogP contribution >= 0.6 is 0 Å². The molecule has 14 heavy (non-hydrogen) atoms. The van der Waals surface area contributed by atoms with E-state index in [0.717, 1.165) is 0 Å². The number of rotatable bonds is 4. The van der Waals surface area contributed by atoms with Gasteiger partial charge in [-0.25, -0.2) is 9.18 Å². The van der Waals surface area contributed by atoms with Crippen molar-refractivity contribution >= 4 is 17.3 Å². The van der Waals surface area contributed by atoms with Gasteiger partial charge in [0, 0.05) is 17.9 Å². The molecule has 0 amide bonds. The van der Waals surface area contributed by atoms with Gasteiger partial charge < -0.3 is 16.2 Å². The summed E-state index contributed by atoms with van der Waals surface area (Å²) >= 11 is 0. The summed E-state index contributed by atoms with van der Waals surface area (Å²) in [6.07, 6.45) is 0. The zero-order valence-electron chi connectivity index (χ0n) is 7.46. The van der Waals surface area contributed by atoms with Crippen molar-refractivity contribution in [2.45, 2.75) is 0 Å². The average Bonchev–Trinajstić information content (AvgIpc) is 2.14. The monoisotopic (exact) mass is 198 g/mol. The lowest BCUT2D eigenvalue weighted by molar-refractivity contribution is 0.0698. The minimum Gasteiger partial charge on any atom is -0.478 e. The van der Waals surface area contributed by atoms with Gasteiger partial charge in [-0.05, 0) is 18.2 Å². The second-order valence-corrected chi connectivity index (χ2v) is 2.72. The number of anilines is 2. The third kappa shape index (κ3) is 2.35. The van der Waals surface area contributed by atoms with Crippen LogP contribution in [0.5, 0.6) is 0 Å². The number of nitrogen functional groups attached to an aromatic ring is 1. The lowest BCUT2D eigenvalue weighted by Crippen LogP contribution is -2.06. The molecule has 1 rings (SSSR count). The maximum atomic E-state index is 11.8. The predicted molar refractivity (Wildman–Crippen MR) is 52.3 cm³/mol. The van der Waals surface area contributed by atoms with Gasteiger partial charge in [0.25, 0.3) is 0 Å². The molecule has 0 spiro atoms. The standard InChI is InChI=1S/C9H11FN2O2/c10-3-4-12-6-1-2-7(9(13)14)8(11)5-6/h1-2,5,12H,3-4,11H2,(H,13,14). The number of hydrogen-bond donors (Lipinski definition) is 3. The van der Waals surface area contributed by atoms with Gasteiger partial charge in [-0.2, -0.15) is 0 Å². The van der Waals surface area contributed by atoms with Gasteiger partial charge in [0.05, 0.1) is 5.56 Å². The molecule has 0 aliphatic carbocycles. The lowest BCUT2D eigenvalue weighted by atomic mass is 10.1. The first-order valence-electron chi connectivity index (χ1n) is 4.08. The molecule has 4 N–H and O–H groups in total. The molecule has 4 nitrogen and oxygen atoms in total. The van der Waals surface area contributed by atoms with E-state index in [4.69, 9.17) is 10.8 Å². The van der Waals surface area contributed by atoms with Gasteiger partial charge >= 0.3 is 5.97 Å². The van der Waals surface area contributed by atoms with Crippen LogP contribution in [0, 0.1) is 0 Å². The summed E-state index contributed by atoms with van der Waals surface area (Å²) in [4.78, 5) is 10.6. The van der Waals surface area contributed by atoms with Crippen LogP contribution < -0.4 is 11.1 Å². The summed E-state index contributed by atoms with van der Waals surface area (Å²) in [5.74, 6) is -1.07. The molecule has 0 saturated carbocycles. The van der Waals surface area contributed by atoms with Crippen LogP contribution in [0.4, 0.5) is 15.8 Å². The van der Waals surface area contributed by atoms with Crippen molar-refractivity contribution in [1.29, 1.82) is 0 Å². The fourth-order valence-electron chi connectivity index (χ4n) is 1.06. The van der Waals surface area contributed by atoms with Gasteiger partial charge in [-0.3, -0.25) is 0 Å². The first-order valence-corrected chi connectivity index (χ1v) is 4.08. The quantitative estimate of drug-likeness (QED) is 0.638. The van der Waals surface area contributed by atoms with Crippen molar-refractivity contribution in [3.05, 3.63) is 23.8 Å². The molecule has 1 aromatic carbocycles. The summed E-state index contributed by atoms with van der Waals surface area (Å²) in [5, 5.41) is 11.4. The molecule has 0 unspecified atom stereocenters. The molecule has 1 aromatic rings. The van der Waals surface area contributed by atoms with Crippen molar-refractivity contribution in [2.24, 2.45) is 0 Å². The Morgan fingerprint density at radius 3 is 2.79 bits per heavy atom. The molecule has 0 aliphatic rings. The van der Waals surface area contributed by atoms with Crippen LogP contribution in [-0.4, -0.2) is 24.3 Å². The molecule has 0 radical (unpaired) electrons. The summed E-state index contributed by atoms with van der Waals surface area (Å²) in [5.41, 5.74) is 6.31. The molecule has 0 aliphatic heterocycles. The minimum atomic E-state index is -1.07. The second-order valence-electron chi connectivity index (χ2n) is 2.72. The highest BCUT2D eigenvalue weighted by atomic mass is 19.1. The fraction of sp³-hybridized carbons (Fsp3) is 0.222. The molecule has 0 fully saturated rings. The van der Waals surface area contributed by atoms with E-state index in [1.165, 1.54) is 12.1 Å². The SMILES string of the molecule is Nc1cc(NCCF)ccc1C(=O)O. The van der Waals surface area contributed by atoms with Crippen molar-refractivity contribution in [2.75, 3.05) is 24.3 Å². The van der Waals surface area contributed by atoms with E-state index in [2.05, 4.69) is 5.32 Å². The number of alkyl halides is 1. The summed E-state index contributed by atoms with van der Waals surface area (Å²) in [6.45, 7) is -0.299. The normalized spacial score (nSPS) is 9.79. The van der Waals surface area contributed by atoms with Crippen LogP contribution in [0.25, 0.3) is 0 Å². The van der Waals surface area contributed by atoms with Crippen molar-refractivity contribution < 1.29 is 14.3 Å². The number of carbonyl (C=O) groups is 1. The maximum Gasteiger partial charge on any atom is 0.337 e. The van der Waals surface area contributed by atoms with Crippen molar-refractivity contribution in [3.63, 3.8) is 0 Å². The molecule has 0 atom stereocenters. The number of halogens is 1. The highest BCUT2D eigenvalue weighted by Crippen LogP contribution is 2.17. The Balaban J connectivity index is 2.83. The third-order valence-corrected chi connectivity index (χ3v) is 1.71. The highest BCUT2D eigenvalue weighted by molar-refractivity contribution is 5.94. The fourth-order valence-corrected chi connectivity index (χ4v) is 1.06. The molecular weight excluding hydrogens is 187 g/mol. The predicted octanol–water partition coefficient (Wildman–Crippen LogP) is 1.35. The van der Waals surface area contributed by atoms with Crippen LogP contribution in [0.2, 0.25) is 0 Å².